The highest BCUT2D eigenvalue weighted by molar-refractivity contribution is 7.89. The second-order valence-electron chi connectivity index (χ2n) is 5.37. The van der Waals surface area contributed by atoms with Crippen LogP contribution in [-0.2, 0) is 10.0 Å². The molecule has 0 aliphatic carbocycles. The first-order valence-electron chi connectivity index (χ1n) is 6.96. The molecular weight excluding hydrogens is 250 g/mol. The molecule has 6 heteroatoms. The van der Waals surface area contributed by atoms with Crippen molar-refractivity contribution < 1.29 is 8.42 Å². The molecule has 0 spiro atoms. The van der Waals surface area contributed by atoms with Crippen LogP contribution < -0.4 is 10.0 Å². The summed E-state index contributed by atoms with van der Waals surface area (Å²) in [6.07, 6.45) is 4.80. The fourth-order valence-electron chi connectivity index (χ4n) is 3.42. The van der Waals surface area contributed by atoms with Crippen molar-refractivity contribution in [3.8, 4) is 0 Å². The third-order valence-electron chi connectivity index (χ3n) is 4.31. The van der Waals surface area contributed by atoms with Crippen molar-refractivity contribution in [2.75, 3.05) is 25.9 Å². The smallest absolute Gasteiger partial charge is 0.212 e. The van der Waals surface area contributed by atoms with Crippen molar-refractivity contribution in [3.05, 3.63) is 0 Å². The molecule has 18 heavy (non-hydrogen) atoms. The molecule has 5 nitrogen and oxygen atoms in total. The average Bonchev–Trinajstić information content (AvgIpc) is 2.57. The monoisotopic (exact) mass is 275 g/mol. The Labute approximate surface area is 110 Å². The number of sulfonamides is 1. The van der Waals surface area contributed by atoms with Gasteiger partial charge in [0.05, 0.1) is 5.75 Å². The van der Waals surface area contributed by atoms with Crippen LogP contribution in [0, 0.1) is 0 Å². The Morgan fingerprint density at radius 3 is 2.33 bits per heavy atom. The Kier molecular flexibility index (Phi) is 4.64. The van der Waals surface area contributed by atoms with Gasteiger partial charge in [0.1, 0.15) is 0 Å². The molecule has 2 fully saturated rings. The Hall–Kier alpha value is -0.170. The minimum Gasteiger partial charge on any atom is -0.314 e. The number of fused-ring (bicyclic) bond motifs is 2. The van der Waals surface area contributed by atoms with E-state index in [1.165, 1.54) is 32.7 Å². The number of hydrogen-bond donors (Lipinski definition) is 2. The lowest BCUT2D eigenvalue weighted by atomic mass is 9.97. The lowest BCUT2D eigenvalue weighted by Crippen LogP contribution is -2.50. The highest BCUT2D eigenvalue weighted by atomic mass is 32.2. The third-order valence-corrected chi connectivity index (χ3v) is 5.65. The van der Waals surface area contributed by atoms with E-state index in [0.717, 1.165) is 6.54 Å². The molecule has 2 aliphatic heterocycles. The van der Waals surface area contributed by atoms with Gasteiger partial charge in [0.15, 0.2) is 0 Å². The Morgan fingerprint density at radius 1 is 1.22 bits per heavy atom. The molecular formula is C12H25N3O2S. The van der Waals surface area contributed by atoms with Crippen molar-refractivity contribution in [1.82, 2.24) is 14.9 Å². The number of nitrogens with one attached hydrogen (secondary N) is 2. The van der Waals surface area contributed by atoms with Crippen LogP contribution in [0.3, 0.4) is 0 Å². The summed E-state index contributed by atoms with van der Waals surface area (Å²) >= 11 is 0. The van der Waals surface area contributed by atoms with Crippen molar-refractivity contribution in [1.29, 1.82) is 0 Å². The normalized spacial score (nSPS) is 32.9. The van der Waals surface area contributed by atoms with Crippen LogP contribution in [-0.4, -0.2) is 57.3 Å². The van der Waals surface area contributed by atoms with Gasteiger partial charge in [-0.2, -0.15) is 0 Å². The summed E-state index contributed by atoms with van der Waals surface area (Å²) in [7, 11) is -1.58. The summed E-state index contributed by atoms with van der Waals surface area (Å²) < 4.78 is 25.4. The summed E-state index contributed by atoms with van der Waals surface area (Å²) in [6, 6.07) is 1.80. The highest BCUT2D eigenvalue weighted by Gasteiger charge is 2.40. The second kappa shape index (κ2) is 5.86. The van der Waals surface area contributed by atoms with Gasteiger partial charge < -0.3 is 5.32 Å². The summed E-state index contributed by atoms with van der Waals surface area (Å²) in [5.74, 6) is 0.225. The van der Waals surface area contributed by atoms with Crippen molar-refractivity contribution >= 4 is 10.0 Å². The minimum atomic E-state index is -3.07. The van der Waals surface area contributed by atoms with Crippen LogP contribution in [0.25, 0.3) is 0 Å². The number of piperidine rings is 1. The first-order valence-corrected chi connectivity index (χ1v) is 8.61. The molecule has 2 rings (SSSR count). The van der Waals surface area contributed by atoms with E-state index in [-0.39, 0.29) is 5.75 Å². The molecule has 0 aromatic heterocycles. The topological polar surface area (TPSA) is 61.4 Å². The Bertz CT molecular complexity index is 358. The van der Waals surface area contributed by atoms with Crippen LogP contribution in [0.15, 0.2) is 0 Å². The molecule has 2 heterocycles. The number of hydrogen-bond acceptors (Lipinski definition) is 4. The fraction of sp³-hybridized carbons (Fsp3) is 1.00. The van der Waals surface area contributed by atoms with Gasteiger partial charge in [-0.1, -0.05) is 6.92 Å². The summed E-state index contributed by atoms with van der Waals surface area (Å²) in [4.78, 5) is 2.42. The molecule has 0 radical (unpaired) electrons. The molecule has 0 aromatic carbocycles. The molecule has 2 atom stereocenters. The van der Waals surface area contributed by atoms with Gasteiger partial charge in [-0.3, -0.25) is 4.90 Å². The lowest BCUT2D eigenvalue weighted by molar-refractivity contribution is 0.125. The maximum Gasteiger partial charge on any atom is 0.212 e. The molecule has 0 aromatic rings. The van der Waals surface area contributed by atoms with Crippen molar-refractivity contribution in [2.45, 2.75) is 50.7 Å². The molecule has 0 saturated carbocycles. The largest absolute Gasteiger partial charge is 0.314 e. The van der Waals surface area contributed by atoms with E-state index in [2.05, 4.69) is 21.9 Å². The van der Waals surface area contributed by atoms with E-state index in [4.69, 9.17) is 0 Å². The van der Waals surface area contributed by atoms with E-state index in [0.29, 0.717) is 24.7 Å². The summed E-state index contributed by atoms with van der Waals surface area (Å²) in [6.45, 7) is 3.85. The average molecular weight is 275 g/mol. The molecule has 0 amide bonds. The Morgan fingerprint density at radius 2 is 1.83 bits per heavy atom. The molecule has 2 saturated heterocycles. The molecule has 106 valence electrons. The number of nitrogens with zero attached hydrogens (tertiary/aromatic N) is 1. The van der Waals surface area contributed by atoms with Crippen LogP contribution in [0.1, 0.15) is 32.6 Å². The van der Waals surface area contributed by atoms with E-state index in [1.807, 2.05) is 0 Å². The third kappa shape index (κ3) is 3.23. The quantitative estimate of drug-likeness (QED) is 0.724. The predicted octanol–water partition coefficient (Wildman–Crippen LogP) is 0.141. The summed E-state index contributed by atoms with van der Waals surface area (Å²) in [5, 5.41) is 3.53. The van der Waals surface area contributed by atoms with E-state index in [9.17, 15) is 8.42 Å². The number of rotatable bonds is 6. The standard InChI is InChI=1S/C12H25N3O2S/c1-3-14-10-8-11-4-5-12(9-10)15(11)6-7-18(16,17)13-2/h10-14H,3-9H2,1-2H3. The van der Waals surface area contributed by atoms with Gasteiger partial charge in [-0.25, -0.2) is 13.1 Å². The summed E-state index contributed by atoms with van der Waals surface area (Å²) in [5.41, 5.74) is 0. The van der Waals surface area contributed by atoms with Gasteiger partial charge in [-0.05, 0) is 39.3 Å². The lowest BCUT2D eigenvalue weighted by Gasteiger charge is -2.39. The van der Waals surface area contributed by atoms with Crippen LogP contribution in [0.5, 0.6) is 0 Å². The molecule has 2 unspecified atom stereocenters. The zero-order chi connectivity index (χ0) is 13.2. The maximum atomic E-state index is 11.5. The molecule has 2 aliphatic rings. The van der Waals surface area contributed by atoms with Crippen molar-refractivity contribution in [3.63, 3.8) is 0 Å². The van der Waals surface area contributed by atoms with E-state index < -0.39 is 10.0 Å². The van der Waals surface area contributed by atoms with Gasteiger partial charge in [0.2, 0.25) is 10.0 Å². The maximum absolute atomic E-state index is 11.5. The van der Waals surface area contributed by atoms with E-state index >= 15 is 0 Å². The van der Waals surface area contributed by atoms with Crippen LogP contribution in [0.2, 0.25) is 0 Å². The molecule has 2 bridgehead atoms. The first-order chi connectivity index (χ1) is 8.55. The fourth-order valence-corrected chi connectivity index (χ4v) is 4.08. The van der Waals surface area contributed by atoms with Crippen LogP contribution >= 0.6 is 0 Å². The zero-order valence-corrected chi connectivity index (χ0v) is 12.2. The Balaban J connectivity index is 1.89. The first kappa shape index (κ1) is 14.2. The zero-order valence-electron chi connectivity index (χ0n) is 11.4. The van der Waals surface area contributed by atoms with E-state index in [1.54, 1.807) is 0 Å². The van der Waals surface area contributed by atoms with Gasteiger partial charge in [0.25, 0.3) is 0 Å². The van der Waals surface area contributed by atoms with Gasteiger partial charge >= 0.3 is 0 Å². The predicted molar refractivity (Wildman–Crippen MR) is 73.1 cm³/mol. The SMILES string of the molecule is CCNC1CC2CCC(C1)N2CCS(=O)(=O)NC. The van der Waals surface area contributed by atoms with Crippen molar-refractivity contribution in [2.24, 2.45) is 0 Å². The van der Waals surface area contributed by atoms with Crippen LogP contribution in [0.4, 0.5) is 0 Å². The van der Waals surface area contributed by atoms with Gasteiger partial charge in [0, 0.05) is 24.7 Å². The molecule has 2 N–H and O–H groups in total. The highest BCUT2D eigenvalue weighted by Crippen LogP contribution is 2.35. The second-order valence-corrected chi connectivity index (χ2v) is 7.42. The minimum absolute atomic E-state index is 0.225. The van der Waals surface area contributed by atoms with Gasteiger partial charge in [-0.15, -0.1) is 0 Å².